The van der Waals surface area contributed by atoms with Gasteiger partial charge in [0.1, 0.15) is 17.9 Å². The summed E-state index contributed by atoms with van der Waals surface area (Å²) in [5.74, 6) is -0.805. The van der Waals surface area contributed by atoms with E-state index in [0.29, 0.717) is 0 Å². The molecule has 1 unspecified atom stereocenters. The molecule has 0 radical (unpaired) electrons. The lowest BCUT2D eigenvalue weighted by atomic mass is 10.2. The van der Waals surface area contributed by atoms with Gasteiger partial charge in [0, 0.05) is 4.47 Å². The second kappa shape index (κ2) is 5.14. The molecular formula is C10H11BrO4. The Labute approximate surface area is 95.6 Å². The van der Waals surface area contributed by atoms with Gasteiger partial charge in [-0.3, -0.25) is 0 Å². The quantitative estimate of drug-likeness (QED) is 0.880. The van der Waals surface area contributed by atoms with Crippen LogP contribution in [0.25, 0.3) is 0 Å². The zero-order valence-corrected chi connectivity index (χ0v) is 9.69. The van der Waals surface area contributed by atoms with E-state index in [0.717, 1.165) is 4.47 Å². The van der Waals surface area contributed by atoms with Gasteiger partial charge in [-0.2, -0.15) is 0 Å². The highest BCUT2D eigenvalue weighted by atomic mass is 79.9. The standard InChI is InChI=1S/C10H11BrO4/c1-6(12)5-15-9-4-7(11)2-3-8(9)10(13)14/h2-4,6,12H,5H2,1H3,(H,13,14). The van der Waals surface area contributed by atoms with Crippen LogP contribution >= 0.6 is 15.9 Å². The third kappa shape index (κ3) is 3.53. The molecule has 5 heteroatoms. The molecule has 0 aliphatic rings. The van der Waals surface area contributed by atoms with Crippen molar-refractivity contribution in [1.82, 2.24) is 0 Å². The van der Waals surface area contributed by atoms with Gasteiger partial charge in [0.25, 0.3) is 0 Å². The number of carbonyl (C=O) groups is 1. The number of ether oxygens (including phenoxy) is 1. The fraction of sp³-hybridized carbons (Fsp3) is 0.300. The molecular weight excluding hydrogens is 264 g/mol. The van der Waals surface area contributed by atoms with Crippen LogP contribution < -0.4 is 4.74 Å². The highest BCUT2D eigenvalue weighted by molar-refractivity contribution is 9.10. The maximum absolute atomic E-state index is 10.8. The summed E-state index contributed by atoms with van der Waals surface area (Å²) in [5, 5.41) is 17.9. The number of aromatic carboxylic acids is 1. The van der Waals surface area contributed by atoms with Crippen molar-refractivity contribution in [1.29, 1.82) is 0 Å². The van der Waals surface area contributed by atoms with E-state index in [9.17, 15) is 4.79 Å². The Morgan fingerprint density at radius 2 is 2.27 bits per heavy atom. The molecule has 0 spiro atoms. The van der Waals surface area contributed by atoms with E-state index in [4.69, 9.17) is 14.9 Å². The van der Waals surface area contributed by atoms with Crippen LogP contribution in [0.4, 0.5) is 0 Å². The number of hydrogen-bond acceptors (Lipinski definition) is 3. The summed E-state index contributed by atoms with van der Waals surface area (Å²) in [5.41, 5.74) is 0.0823. The van der Waals surface area contributed by atoms with Crippen molar-refractivity contribution in [3.05, 3.63) is 28.2 Å². The Bertz CT molecular complexity index is 362. The van der Waals surface area contributed by atoms with Gasteiger partial charge < -0.3 is 14.9 Å². The molecule has 1 aromatic rings. The van der Waals surface area contributed by atoms with Crippen LogP contribution in [-0.2, 0) is 0 Å². The maximum Gasteiger partial charge on any atom is 0.339 e. The van der Waals surface area contributed by atoms with Gasteiger partial charge >= 0.3 is 5.97 Å². The van der Waals surface area contributed by atoms with Crippen LogP contribution in [0.3, 0.4) is 0 Å². The number of halogens is 1. The molecule has 0 heterocycles. The Morgan fingerprint density at radius 3 is 2.80 bits per heavy atom. The van der Waals surface area contributed by atoms with Crippen molar-refractivity contribution < 1.29 is 19.7 Å². The molecule has 0 saturated carbocycles. The molecule has 0 saturated heterocycles. The third-order valence-electron chi connectivity index (χ3n) is 1.65. The molecule has 0 bridgehead atoms. The number of carboxylic acid groups (broad SMARTS) is 1. The van der Waals surface area contributed by atoms with Crippen LogP contribution in [0.2, 0.25) is 0 Å². The first-order chi connectivity index (χ1) is 7.00. The van der Waals surface area contributed by atoms with Crippen molar-refractivity contribution in [2.75, 3.05) is 6.61 Å². The van der Waals surface area contributed by atoms with Crippen molar-refractivity contribution in [3.63, 3.8) is 0 Å². The molecule has 1 aromatic carbocycles. The number of hydrogen-bond donors (Lipinski definition) is 2. The summed E-state index contributed by atoms with van der Waals surface area (Å²) in [7, 11) is 0. The van der Waals surface area contributed by atoms with Crippen LogP contribution in [0, 0.1) is 0 Å². The van der Waals surface area contributed by atoms with Gasteiger partial charge in [0.2, 0.25) is 0 Å². The molecule has 2 N–H and O–H groups in total. The van der Waals surface area contributed by atoms with Crippen molar-refractivity contribution in [2.45, 2.75) is 13.0 Å². The van der Waals surface area contributed by atoms with Crippen molar-refractivity contribution in [2.24, 2.45) is 0 Å². The summed E-state index contributed by atoms with van der Waals surface area (Å²) < 4.78 is 5.91. The predicted octanol–water partition coefficient (Wildman–Crippen LogP) is 1.91. The van der Waals surface area contributed by atoms with E-state index in [1.807, 2.05) is 0 Å². The van der Waals surface area contributed by atoms with Crippen LogP contribution in [0.15, 0.2) is 22.7 Å². The second-order valence-electron chi connectivity index (χ2n) is 3.11. The zero-order valence-electron chi connectivity index (χ0n) is 8.11. The van der Waals surface area contributed by atoms with Gasteiger partial charge in [0.15, 0.2) is 0 Å². The minimum atomic E-state index is -1.05. The minimum absolute atomic E-state index is 0.0662. The third-order valence-corrected chi connectivity index (χ3v) is 2.15. The lowest BCUT2D eigenvalue weighted by Crippen LogP contribution is -2.14. The molecule has 0 fully saturated rings. The lowest BCUT2D eigenvalue weighted by Gasteiger charge is -2.10. The number of rotatable bonds is 4. The Morgan fingerprint density at radius 1 is 1.60 bits per heavy atom. The molecule has 82 valence electrons. The number of aliphatic hydroxyl groups is 1. The van der Waals surface area contributed by atoms with E-state index in [1.54, 1.807) is 19.1 Å². The summed E-state index contributed by atoms with van der Waals surface area (Å²) >= 11 is 3.22. The van der Waals surface area contributed by atoms with Crippen molar-refractivity contribution in [3.8, 4) is 5.75 Å². The van der Waals surface area contributed by atoms with Crippen molar-refractivity contribution >= 4 is 21.9 Å². The van der Waals surface area contributed by atoms with E-state index < -0.39 is 12.1 Å². The number of benzene rings is 1. The summed E-state index contributed by atoms with van der Waals surface area (Å²) in [6, 6.07) is 4.63. The smallest absolute Gasteiger partial charge is 0.339 e. The topological polar surface area (TPSA) is 66.8 Å². The van der Waals surface area contributed by atoms with Gasteiger partial charge in [-0.15, -0.1) is 0 Å². The largest absolute Gasteiger partial charge is 0.490 e. The Balaban J connectivity index is 2.92. The molecule has 0 aliphatic carbocycles. The molecule has 1 rings (SSSR count). The van der Waals surface area contributed by atoms with E-state index in [2.05, 4.69) is 15.9 Å². The van der Waals surface area contributed by atoms with E-state index in [-0.39, 0.29) is 17.9 Å². The van der Waals surface area contributed by atoms with E-state index in [1.165, 1.54) is 6.07 Å². The minimum Gasteiger partial charge on any atom is -0.490 e. The fourth-order valence-corrected chi connectivity index (χ4v) is 1.34. The average Bonchev–Trinajstić information content (AvgIpc) is 2.14. The highest BCUT2D eigenvalue weighted by Crippen LogP contribution is 2.23. The molecule has 0 amide bonds. The van der Waals surface area contributed by atoms with Gasteiger partial charge in [-0.1, -0.05) is 15.9 Å². The van der Waals surface area contributed by atoms with Crippen LogP contribution in [0.1, 0.15) is 17.3 Å². The first-order valence-corrected chi connectivity index (χ1v) is 5.13. The molecule has 4 nitrogen and oxygen atoms in total. The number of aliphatic hydroxyl groups excluding tert-OH is 1. The molecule has 0 aromatic heterocycles. The molecule has 0 aliphatic heterocycles. The second-order valence-corrected chi connectivity index (χ2v) is 4.02. The van der Waals surface area contributed by atoms with Gasteiger partial charge in [-0.05, 0) is 25.1 Å². The van der Waals surface area contributed by atoms with E-state index >= 15 is 0 Å². The monoisotopic (exact) mass is 274 g/mol. The summed E-state index contributed by atoms with van der Waals surface area (Å²) in [4.78, 5) is 10.8. The first-order valence-electron chi connectivity index (χ1n) is 4.34. The normalized spacial score (nSPS) is 12.2. The average molecular weight is 275 g/mol. The predicted molar refractivity (Wildman–Crippen MR) is 58.3 cm³/mol. The fourth-order valence-electron chi connectivity index (χ4n) is 1.00. The SMILES string of the molecule is CC(O)COc1cc(Br)ccc1C(=O)O. The van der Waals surface area contributed by atoms with Crippen LogP contribution in [0.5, 0.6) is 5.75 Å². The van der Waals surface area contributed by atoms with Gasteiger partial charge in [0.05, 0.1) is 6.10 Å². The maximum atomic E-state index is 10.8. The lowest BCUT2D eigenvalue weighted by molar-refractivity contribution is 0.0685. The summed E-state index contributed by atoms with van der Waals surface area (Å²) in [6.45, 7) is 1.63. The molecule has 15 heavy (non-hydrogen) atoms. The van der Waals surface area contributed by atoms with Gasteiger partial charge in [-0.25, -0.2) is 4.79 Å². The first kappa shape index (κ1) is 12.0. The van der Waals surface area contributed by atoms with Crippen LogP contribution in [-0.4, -0.2) is 28.9 Å². The molecule has 1 atom stereocenters. The Hall–Kier alpha value is -1.07. The highest BCUT2D eigenvalue weighted by Gasteiger charge is 2.12. The summed E-state index contributed by atoms with van der Waals surface area (Å²) in [6.07, 6.45) is -0.634. The Kier molecular flexibility index (Phi) is 4.11. The number of carboxylic acids is 1. The zero-order chi connectivity index (χ0) is 11.4.